The number of benzene rings is 2. The van der Waals surface area contributed by atoms with Crippen molar-refractivity contribution in [2.24, 2.45) is 0 Å². The van der Waals surface area contributed by atoms with Crippen LogP contribution in [0, 0.1) is 5.82 Å². The van der Waals surface area contributed by atoms with Crippen LogP contribution in [0.1, 0.15) is 35.4 Å². The minimum absolute atomic E-state index is 0.277. The Morgan fingerprint density at radius 1 is 1.10 bits per heavy atom. The minimum atomic E-state index is -4.12. The fourth-order valence-corrected chi connectivity index (χ4v) is 4.55. The number of nitrogens with one attached hydrogen (secondary N) is 1. The maximum atomic E-state index is 13.6. The second-order valence-electron chi connectivity index (χ2n) is 7.04. The van der Waals surface area contributed by atoms with Gasteiger partial charge in [-0.3, -0.25) is 4.72 Å². The van der Waals surface area contributed by atoms with Crippen LogP contribution in [0.2, 0.25) is 0 Å². The van der Waals surface area contributed by atoms with E-state index in [1.54, 1.807) is 18.2 Å². The Kier molecular flexibility index (Phi) is 5.25. The molecule has 30 heavy (non-hydrogen) atoms. The van der Waals surface area contributed by atoms with Crippen molar-refractivity contribution in [1.29, 1.82) is 0 Å². The number of rotatable bonds is 5. The highest BCUT2D eigenvalue weighted by Gasteiger charge is 2.20. The maximum absolute atomic E-state index is 13.6. The van der Waals surface area contributed by atoms with Crippen molar-refractivity contribution in [2.45, 2.75) is 37.1 Å². The lowest BCUT2D eigenvalue weighted by molar-refractivity contribution is 0.0691. The monoisotopic (exact) mass is 430 g/mol. The van der Waals surface area contributed by atoms with Gasteiger partial charge in [-0.15, -0.1) is 10.2 Å². The summed E-state index contributed by atoms with van der Waals surface area (Å²) in [6.07, 6.45) is 4.07. The number of carboxylic acids is 1. The number of anilines is 1. The molecule has 0 atom stereocenters. The van der Waals surface area contributed by atoms with Crippen molar-refractivity contribution in [3.05, 3.63) is 59.7 Å². The summed E-state index contributed by atoms with van der Waals surface area (Å²) < 4.78 is 43.5. The van der Waals surface area contributed by atoms with Crippen molar-refractivity contribution in [3.8, 4) is 11.4 Å². The molecule has 0 amide bonds. The van der Waals surface area contributed by atoms with Crippen LogP contribution in [0.4, 0.5) is 10.1 Å². The van der Waals surface area contributed by atoms with Crippen LogP contribution >= 0.6 is 0 Å². The normalized spacial score (nSPS) is 14.0. The molecular weight excluding hydrogens is 411 g/mol. The van der Waals surface area contributed by atoms with Gasteiger partial charge in [0.15, 0.2) is 5.82 Å². The van der Waals surface area contributed by atoms with Crippen LogP contribution in [-0.2, 0) is 23.0 Å². The number of sulfonamides is 1. The Bertz CT molecular complexity index is 1220. The summed E-state index contributed by atoms with van der Waals surface area (Å²) in [6.45, 7) is 0.807. The van der Waals surface area contributed by atoms with E-state index < -0.39 is 27.4 Å². The summed E-state index contributed by atoms with van der Waals surface area (Å²) in [5.74, 6) is -0.959. The van der Waals surface area contributed by atoms with Gasteiger partial charge in [0, 0.05) is 24.2 Å². The summed E-state index contributed by atoms with van der Waals surface area (Å²) in [5.41, 5.74) is 0.277. The average molecular weight is 430 g/mol. The highest BCUT2D eigenvalue weighted by molar-refractivity contribution is 7.92. The van der Waals surface area contributed by atoms with Crippen LogP contribution in [0.5, 0.6) is 0 Å². The lowest BCUT2D eigenvalue weighted by Crippen LogP contribution is -2.14. The van der Waals surface area contributed by atoms with E-state index >= 15 is 0 Å². The highest BCUT2D eigenvalue weighted by atomic mass is 32.2. The molecule has 156 valence electrons. The van der Waals surface area contributed by atoms with Gasteiger partial charge < -0.3 is 9.67 Å². The number of fused-ring (bicyclic) bond motifs is 1. The molecule has 8 nitrogen and oxygen atoms in total. The van der Waals surface area contributed by atoms with Crippen LogP contribution in [0.25, 0.3) is 11.4 Å². The maximum Gasteiger partial charge on any atom is 0.338 e. The van der Waals surface area contributed by atoms with Crippen LogP contribution in [0.15, 0.2) is 47.4 Å². The highest BCUT2D eigenvalue weighted by Crippen LogP contribution is 2.26. The molecule has 3 aromatic rings. The van der Waals surface area contributed by atoms with E-state index in [1.807, 2.05) is 6.07 Å². The molecular formula is C20H19FN4O4S. The zero-order valence-corrected chi connectivity index (χ0v) is 16.7. The largest absolute Gasteiger partial charge is 0.478 e. The third kappa shape index (κ3) is 3.90. The number of hydrogen-bond acceptors (Lipinski definition) is 5. The Hall–Kier alpha value is -3.27. The minimum Gasteiger partial charge on any atom is -0.478 e. The summed E-state index contributed by atoms with van der Waals surface area (Å²) in [5, 5.41) is 17.6. The van der Waals surface area contributed by atoms with Gasteiger partial charge in [-0.2, -0.15) is 0 Å². The first-order valence-corrected chi connectivity index (χ1v) is 10.9. The zero-order chi connectivity index (χ0) is 21.3. The third-order valence-electron chi connectivity index (χ3n) is 4.96. The fraction of sp³-hybridized carbons (Fsp3) is 0.250. The van der Waals surface area contributed by atoms with Crippen molar-refractivity contribution < 1.29 is 22.7 Å². The molecule has 2 N–H and O–H groups in total. The second kappa shape index (κ2) is 7.86. The predicted molar refractivity (Wildman–Crippen MR) is 107 cm³/mol. The number of aromatic nitrogens is 3. The number of halogens is 1. The Morgan fingerprint density at radius 3 is 2.73 bits per heavy atom. The molecule has 1 aromatic heterocycles. The first-order valence-electron chi connectivity index (χ1n) is 9.43. The standard InChI is InChI=1S/C20H19FN4O4S/c21-17-9-8-15(12-16(17)20(26)27)30(28,29)24-14-6-4-5-13(11-14)19-23-22-18-7-2-1-3-10-25(18)19/h4-6,8-9,11-12,24H,1-3,7,10H2,(H,26,27). The summed E-state index contributed by atoms with van der Waals surface area (Å²) in [6, 6.07) is 9.36. The summed E-state index contributed by atoms with van der Waals surface area (Å²) in [7, 11) is -4.12. The van der Waals surface area contributed by atoms with Crippen LogP contribution < -0.4 is 4.72 Å². The van der Waals surface area contributed by atoms with Crippen molar-refractivity contribution in [3.63, 3.8) is 0 Å². The third-order valence-corrected chi connectivity index (χ3v) is 6.34. The first-order chi connectivity index (χ1) is 14.3. The van der Waals surface area contributed by atoms with E-state index in [0.29, 0.717) is 11.4 Å². The molecule has 2 heterocycles. The number of carboxylic acid groups (broad SMARTS) is 1. The molecule has 0 aliphatic carbocycles. The van der Waals surface area contributed by atoms with Crippen molar-refractivity contribution in [1.82, 2.24) is 14.8 Å². The molecule has 0 spiro atoms. The topological polar surface area (TPSA) is 114 Å². The van der Waals surface area contributed by atoms with Gasteiger partial charge in [0.2, 0.25) is 0 Å². The SMILES string of the molecule is O=C(O)c1cc(S(=O)(=O)Nc2cccc(-c3nnc4n3CCCCC4)c2)ccc1F. The van der Waals surface area contributed by atoms with Crippen molar-refractivity contribution in [2.75, 3.05) is 4.72 Å². The number of carbonyl (C=O) groups is 1. The summed E-state index contributed by atoms with van der Waals surface area (Å²) in [4.78, 5) is 10.8. The zero-order valence-electron chi connectivity index (χ0n) is 15.9. The summed E-state index contributed by atoms with van der Waals surface area (Å²) >= 11 is 0. The molecule has 0 bridgehead atoms. The quantitative estimate of drug-likeness (QED) is 0.642. The predicted octanol–water partition coefficient (Wildman–Crippen LogP) is 3.31. The van der Waals surface area contributed by atoms with Gasteiger partial charge in [0.25, 0.3) is 10.0 Å². The van der Waals surface area contributed by atoms with E-state index in [4.69, 9.17) is 5.11 Å². The van der Waals surface area contributed by atoms with Crippen LogP contribution in [0.3, 0.4) is 0 Å². The smallest absolute Gasteiger partial charge is 0.338 e. The molecule has 0 saturated carbocycles. The molecule has 4 rings (SSSR count). The molecule has 1 aliphatic rings. The molecule has 10 heteroatoms. The van der Waals surface area contributed by atoms with E-state index in [2.05, 4.69) is 19.5 Å². The second-order valence-corrected chi connectivity index (χ2v) is 8.72. The van der Waals surface area contributed by atoms with Gasteiger partial charge in [-0.1, -0.05) is 18.6 Å². The van der Waals surface area contributed by atoms with Crippen LogP contribution in [-0.4, -0.2) is 34.3 Å². The van der Waals surface area contributed by atoms with Gasteiger partial charge in [0.1, 0.15) is 11.6 Å². The lowest BCUT2D eigenvalue weighted by atomic mass is 10.2. The van der Waals surface area contributed by atoms with Gasteiger partial charge in [-0.05, 0) is 43.2 Å². The number of aromatic carboxylic acids is 1. The van der Waals surface area contributed by atoms with E-state index in [1.165, 1.54) is 0 Å². The van der Waals surface area contributed by atoms with Gasteiger partial charge in [-0.25, -0.2) is 17.6 Å². The number of hydrogen-bond donors (Lipinski definition) is 2. The Morgan fingerprint density at radius 2 is 1.93 bits per heavy atom. The van der Waals surface area contributed by atoms with E-state index in [9.17, 15) is 17.6 Å². The van der Waals surface area contributed by atoms with E-state index in [0.717, 1.165) is 56.3 Å². The Labute approximate surface area is 172 Å². The van der Waals surface area contributed by atoms with E-state index in [-0.39, 0.29) is 10.6 Å². The molecule has 0 fully saturated rings. The first kappa shape index (κ1) is 20.0. The number of nitrogens with zero attached hydrogens (tertiary/aromatic N) is 3. The van der Waals surface area contributed by atoms with Gasteiger partial charge in [0.05, 0.1) is 10.5 Å². The van der Waals surface area contributed by atoms with Crippen molar-refractivity contribution >= 4 is 21.7 Å². The molecule has 1 aliphatic heterocycles. The number of aryl methyl sites for hydroxylation is 1. The Balaban J connectivity index is 1.65. The van der Waals surface area contributed by atoms with Gasteiger partial charge >= 0.3 is 5.97 Å². The molecule has 0 unspecified atom stereocenters. The fourth-order valence-electron chi connectivity index (χ4n) is 3.47. The average Bonchev–Trinajstić information content (AvgIpc) is 2.96. The molecule has 0 saturated heterocycles. The molecule has 2 aromatic carbocycles. The molecule has 0 radical (unpaired) electrons. The lowest BCUT2D eigenvalue weighted by Gasteiger charge is -2.11.